The fourth-order valence-electron chi connectivity index (χ4n) is 5.24. The summed E-state index contributed by atoms with van der Waals surface area (Å²) in [5.41, 5.74) is -1.70. The first-order valence-corrected chi connectivity index (χ1v) is 13.0. The van der Waals surface area contributed by atoms with Crippen molar-refractivity contribution < 1.29 is 26.7 Å². The third-order valence-corrected chi connectivity index (χ3v) is 7.65. The molecule has 1 atom stereocenters. The van der Waals surface area contributed by atoms with Crippen molar-refractivity contribution in [2.45, 2.75) is 24.6 Å². The summed E-state index contributed by atoms with van der Waals surface area (Å²) in [6.45, 7) is 2.72. The topological polar surface area (TPSA) is 106 Å². The van der Waals surface area contributed by atoms with Gasteiger partial charge >= 0.3 is 12.2 Å². The molecule has 2 amide bonds. The molecule has 0 bridgehead atoms. The van der Waals surface area contributed by atoms with Crippen molar-refractivity contribution in [1.82, 2.24) is 29.5 Å². The third-order valence-electron chi connectivity index (χ3n) is 7.65. The predicted molar refractivity (Wildman–Crippen MR) is 143 cm³/mol. The highest BCUT2D eigenvalue weighted by molar-refractivity contribution is 5.90. The lowest BCUT2D eigenvalue weighted by molar-refractivity contribution is -0.138. The van der Waals surface area contributed by atoms with Crippen molar-refractivity contribution in [1.29, 1.82) is 0 Å². The van der Waals surface area contributed by atoms with Crippen LogP contribution in [0.1, 0.15) is 12.0 Å². The number of fused-ring (bicyclic) bond motifs is 1. The van der Waals surface area contributed by atoms with Crippen LogP contribution in [0.15, 0.2) is 29.3 Å². The number of hydrogen-bond donors (Lipinski definition) is 2. The van der Waals surface area contributed by atoms with E-state index >= 15 is 8.78 Å². The summed E-state index contributed by atoms with van der Waals surface area (Å²) >= 11 is 0. The number of aromatic amines is 1. The fraction of sp³-hybridized carbons (Fsp3) is 0.520. The number of halogens is 5. The Bertz CT molecular complexity index is 1500. The molecule has 5 rings (SSSR count). The molecule has 2 N–H and O–H groups in total. The molecule has 0 aromatic carbocycles. The minimum absolute atomic E-state index is 0.133. The number of amides is 2. The van der Waals surface area contributed by atoms with Gasteiger partial charge in [-0.3, -0.25) is 9.89 Å². The van der Waals surface area contributed by atoms with Crippen LogP contribution in [0.3, 0.4) is 0 Å². The zero-order chi connectivity index (χ0) is 29.7. The summed E-state index contributed by atoms with van der Waals surface area (Å²) in [5.74, 6) is -2.67. The van der Waals surface area contributed by atoms with E-state index in [2.05, 4.69) is 30.3 Å². The Labute approximate surface area is 231 Å². The summed E-state index contributed by atoms with van der Waals surface area (Å²) in [7, 11) is 4.27. The van der Waals surface area contributed by atoms with Crippen LogP contribution in [-0.2, 0) is 13.2 Å². The summed E-state index contributed by atoms with van der Waals surface area (Å²) in [5, 5.41) is 10.1. The van der Waals surface area contributed by atoms with Crippen LogP contribution < -0.4 is 20.7 Å². The number of nitrogens with zero attached hydrogens (tertiary/aromatic N) is 7. The van der Waals surface area contributed by atoms with Gasteiger partial charge in [-0.15, -0.1) is 0 Å². The molecule has 1 unspecified atom stereocenters. The van der Waals surface area contributed by atoms with E-state index in [1.54, 1.807) is 6.07 Å². The first-order valence-electron chi connectivity index (χ1n) is 13.0. The highest BCUT2D eigenvalue weighted by atomic mass is 19.4. The Morgan fingerprint density at radius 3 is 2.49 bits per heavy atom. The smallest absolute Gasteiger partial charge is 0.364 e. The number of hydrogen-bond acceptors (Lipinski definition) is 7. The number of aromatic nitrogens is 4. The highest BCUT2D eigenvalue weighted by Gasteiger charge is 2.48. The van der Waals surface area contributed by atoms with Gasteiger partial charge in [0, 0.05) is 53.0 Å². The van der Waals surface area contributed by atoms with Gasteiger partial charge in [0.05, 0.1) is 29.4 Å². The molecule has 11 nitrogen and oxygen atoms in total. The molecule has 5 heterocycles. The fourth-order valence-corrected chi connectivity index (χ4v) is 5.24. The molecule has 2 saturated heterocycles. The number of piperidine rings is 1. The van der Waals surface area contributed by atoms with Gasteiger partial charge in [0.1, 0.15) is 11.7 Å². The van der Waals surface area contributed by atoms with Crippen LogP contribution in [-0.4, -0.2) is 101 Å². The molecule has 0 aliphatic carbocycles. The van der Waals surface area contributed by atoms with Crippen LogP contribution in [0.2, 0.25) is 0 Å². The second-order valence-electron chi connectivity index (χ2n) is 10.5. The van der Waals surface area contributed by atoms with Gasteiger partial charge in [-0.25, -0.2) is 18.6 Å². The maximum atomic E-state index is 15.4. The highest BCUT2D eigenvalue weighted by Crippen LogP contribution is 2.35. The van der Waals surface area contributed by atoms with Crippen LogP contribution >= 0.6 is 0 Å². The van der Waals surface area contributed by atoms with E-state index in [4.69, 9.17) is 0 Å². The maximum absolute atomic E-state index is 15.4. The van der Waals surface area contributed by atoms with Gasteiger partial charge in [0.15, 0.2) is 11.5 Å². The lowest BCUT2D eigenvalue weighted by atomic mass is 9.99. The molecule has 0 saturated carbocycles. The van der Waals surface area contributed by atoms with E-state index in [9.17, 15) is 22.8 Å². The van der Waals surface area contributed by atoms with E-state index < -0.39 is 47.5 Å². The average Bonchev–Trinajstić information content (AvgIpc) is 3.33. The Hall–Kier alpha value is -3.95. The average molecular weight is 584 g/mol. The van der Waals surface area contributed by atoms with Crippen LogP contribution in [0.5, 0.6) is 0 Å². The monoisotopic (exact) mass is 583 g/mol. The third kappa shape index (κ3) is 5.64. The molecule has 16 heteroatoms. The van der Waals surface area contributed by atoms with E-state index in [1.807, 2.05) is 7.05 Å². The first-order chi connectivity index (χ1) is 19.2. The van der Waals surface area contributed by atoms with Gasteiger partial charge in [-0.2, -0.15) is 18.3 Å². The Morgan fingerprint density at radius 2 is 1.83 bits per heavy atom. The van der Waals surface area contributed by atoms with E-state index in [-0.39, 0.29) is 13.0 Å². The number of piperazine rings is 1. The summed E-state index contributed by atoms with van der Waals surface area (Å²) in [6.07, 6.45) is -2.82. The summed E-state index contributed by atoms with van der Waals surface area (Å²) in [4.78, 5) is 36.0. The van der Waals surface area contributed by atoms with Crippen molar-refractivity contribution in [2.75, 3.05) is 68.5 Å². The van der Waals surface area contributed by atoms with Crippen LogP contribution in [0, 0.1) is 0 Å². The Kier molecular flexibility index (Phi) is 7.29. The van der Waals surface area contributed by atoms with Crippen molar-refractivity contribution in [3.8, 4) is 0 Å². The number of alkyl halides is 5. The molecule has 0 radical (unpaired) electrons. The second kappa shape index (κ2) is 10.5. The molecular weight excluding hydrogens is 553 g/mol. The zero-order valence-electron chi connectivity index (χ0n) is 22.7. The first kappa shape index (κ1) is 28.6. The van der Waals surface area contributed by atoms with Crippen LogP contribution in [0.4, 0.5) is 43.9 Å². The SMILES string of the molecule is CN1CCN(c2n[nH]c3ncc(N4CCC(N(C)C(=O)Nc5cc(C(F)(F)F)cn(C)c5=O)C(F)(F)C4)cc23)CC1. The zero-order valence-corrected chi connectivity index (χ0v) is 22.7. The van der Waals surface area contributed by atoms with E-state index in [1.165, 1.54) is 11.1 Å². The number of likely N-dealkylation sites (N-methyl/N-ethyl adjacent to an activating group) is 1. The number of anilines is 3. The van der Waals surface area contributed by atoms with Gasteiger partial charge < -0.3 is 29.5 Å². The number of aryl methyl sites for hydroxylation is 1. The maximum Gasteiger partial charge on any atom is 0.417 e. The molecule has 41 heavy (non-hydrogen) atoms. The van der Waals surface area contributed by atoms with Gasteiger partial charge in [-0.1, -0.05) is 0 Å². The van der Waals surface area contributed by atoms with Gasteiger partial charge in [-0.05, 0) is 25.6 Å². The van der Waals surface area contributed by atoms with Crippen LogP contribution in [0.25, 0.3) is 11.0 Å². The molecule has 2 fully saturated rings. The number of pyridine rings is 2. The largest absolute Gasteiger partial charge is 0.417 e. The number of nitrogens with one attached hydrogen (secondary N) is 2. The number of H-pyrrole nitrogens is 1. The van der Waals surface area contributed by atoms with Crippen molar-refractivity contribution >= 4 is 34.3 Å². The lowest BCUT2D eigenvalue weighted by Crippen LogP contribution is -2.59. The molecule has 3 aromatic rings. The normalized spacial score (nSPS) is 20.0. The molecule has 2 aliphatic heterocycles. The Morgan fingerprint density at radius 1 is 1.12 bits per heavy atom. The number of carbonyl (C=O) groups is 1. The van der Waals surface area contributed by atoms with E-state index in [0.717, 1.165) is 50.6 Å². The molecule has 3 aromatic heterocycles. The standard InChI is InChI=1S/C25H30F5N9O2/c1-35-6-8-38(9-7-35)21-17-11-16(12-31-20(17)33-34-21)39-5-4-19(24(26,27)14-39)37(3)23(41)32-18-10-15(25(28,29)30)13-36(2)22(18)40/h10-13,19H,4-9,14H2,1-3H3,(H,32,41)(H,31,33,34). The Balaban J connectivity index is 1.31. The molecular formula is C25H30F5N9O2. The number of carbonyl (C=O) groups excluding carboxylic acids is 1. The van der Waals surface area contributed by atoms with Crippen molar-refractivity contribution in [3.05, 3.63) is 40.4 Å². The quantitative estimate of drug-likeness (QED) is 0.455. The number of urea groups is 1. The van der Waals surface area contributed by atoms with Gasteiger partial charge in [0.2, 0.25) is 0 Å². The predicted octanol–water partition coefficient (Wildman–Crippen LogP) is 2.81. The minimum Gasteiger partial charge on any atom is -0.364 e. The lowest BCUT2D eigenvalue weighted by Gasteiger charge is -2.42. The molecule has 2 aliphatic rings. The number of rotatable bonds is 4. The van der Waals surface area contributed by atoms with E-state index in [0.29, 0.717) is 34.0 Å². The van der Waals surface area contributed by atoms with Crippen molar-refractivity contribution in [3.63, 3.8) is 0 Å². The minimum atomic E-state index is -4.77. The summed E-state index contributed by atoms with van der Waals surface area (Å²) < 4.78 is 71.1. The van der Waals surface area contributed by atoms with Crippen molar-refractivity contribution in [2.24, 2.45) is 7.05 Å². The molecule has 222 valence electrons. The second-order valence-corrected chi connectivity index (χ2v) is 10.5. The molecule has 0 spiro atoms. The summed E-state index contributed by atoms with van der Waals surface area (Å²) in [6, 6.07) is -0.405. The van der Waals surface area contributed by atoms with Gasteiger partial charge in [0.25, 0.3) is 11.5 Å².